The van der Waals surface area contributed by atoms with E-state index in [9.17, 15) is 9.59 Å². The zero-order chi connectivity index (χ0) is 25.8. The first-order chi connectivity index (χ1) is 17.2. The summed E-state index contributed by atoms with van der Waals surface area (Å²) in [5.74, 6) is 1.11. The molecule has 4 rings (SSSR count). The van der Waals surface area contributed by atoms with E-state index in [0.29, 0.717) is 17.3 Å². The first-order valence-corrected chi connectivity index (χ1v) is 13.7. The van der Waals surface area contributed by atoms with Crippen LogP contribution in [-0.2, 0) is 11.4 Å². The number of carbonyl (C=O) groups excluding carboxylic acids is 2. The molecular weight excluding hydrogens is 606 g/mol. The Morgan fingerprint density at radius 2 is 1.56 bits per heavy atom. The summed E-state index contributed by atoms with van der Waals surface area (Å²) in [7, 11) is 0. The van der Waals surface area contributed by atoms with Gasteiger partial charge < -0.3 is 9.47 Å². The third kappa shape index (κ3) is 6.41. The number of nitrogens with zero attached hydrogens (tertiary/aromatic N) is 1. The average molecular weight is 631 g/mol. The highest BCUT2D eigenvalue weighted by molar-refractivity contribution is 9.11. The normalized spacial score (nSPS) is 14.6. The summed E-state index contributed by atoms with van der Waals surface area (Å²) < 4.78 is 13.3. The molecule has 0 spiro atoms. The highest BCUT2D eigenvalue weighted by atomic mass is 79.9. The van der Waals surface area contributed by atoms with Gasteiger partial charge in [-0.1, -0.05) is 42.0 Å². The first kappa shape index (κ1) is 26.5. The lowest BCUT2D eigenvalue weighted by atomic mass is 10.1. The minimum atomic E-state index is -0.318. The van der Waals surface area contributed by atoms with Gasteiger partial charge in [0.2, 0.25) is 0 Å². The molecule has 5 nitrogen and oxygen atoms in total. The van der Waals surface area contributed by atoms with Crippen molar-refractivity contribution in [3.63, 3.8) is 0 Å². The standard InChI is InChI=1S/C28H25Br2NO4S/c1-17-5-8-20(9-6-17)16-35-26-22(29)13-21(14-23(26)30)15-25-27(32)31(28(33)36-25)10-11-34-24-12-18(2)4-7-19(24)3/h4-9,12-15H,10-11,16H2,1-3H3/b25-15-. The molecule has 1 aliphatic heterocycles. The molecule has 0 unspecified atom stereocenters. The van der Waals surface area contributed by atoms with Gasteiger partial charge in [0, 0.05) is 0 Å². The number of aryl methyl sites for hydroxylation is 3. The second kappa shape index (κ2) is 11.7. The maximum absolute atomic E-state index is 12.9. The number of thioether (sulfide) groups is 1. The van der Waals surface area contributed by atoms with E-state index in [4.69, 9.17) is 9.47 Å². The Kier molecular flexibility index (Phi) is 8.59. The van der Waals surface area contributed by atoms with Crippen molar-refractivity contribution in [3.05, 3.63) is 96.3 Å². The van der Waals surface area contributed by atoms with Crippen LogP contribution in [0.3, 0.4) is 0 Å². The summed E-state index contributed by atoms with van der Waals surface area (Å²) in [6.07, 6.45) is 1.72. The summed E-state index contributed by atoms with van der Waals surface area (Å²) in [5.41, 5.74) is 5.14. The van der Waals surface area contributed by atoms with Crippen LogP contribution in [0, 0.1) is 20.8 Å². The number of halogens is 2. The Balaban J connectivity index is 1.41. The largest absolute Gasteiger partial charge is 0.491 e. The molecule has 2 amide bonds. The lowest BCUT2D eigenvalue weighted by Crippen LogP contribution is -2.32. The number of carbonyl (C=O) groups is 2. The van der Waals surface area contributed by atoms with Crippen LogP contribution in [0.15, 0.2) is 68.4 Å². The molecule has 0 saturated carbocycles. The van der Waals surface area contributed by atoms with Gasteiger partial charge in [-0.2, -0.15) is 0 Å². The van der Waals surface area contributed by atoms with Gasteiger partial charge in [-0.25, -0.2) is 0 Å². The van der Waals surface area contributed by atoms with Crippen molar-refractivity contribution in [3.8, 4) is 11.5 Å². The monoisotopic (exact) mass is 629 g/mol. The van der Waals surface area contributed by atoms with Crippen molar-refractivity contribution in [2.24, 2.45) is 0 Å². The molecule has 36 heavy (non-hydrogen) atoms. The summed E-state index contributed by atoms with van der Waals surface area (Å²) in [6.45, 7) is 6.86. The van der Waals surface area contributed by atoms with Crippen LogP contribution in [0.5, 0.6) is 11.5 Å². The number of ether oxygens (including phenoxy) is 2. The highest BCUT2D eigenvalue weighted by Crippen LogP contribution is 2.38. The number of hydrogen-bond donors (Lipinski definition) is 0. The van der Waals surface area contributed by atoms with Crippen molar-refractivity contribution in [1.29, 1.82) is 0 Å². The van der Waals surface area contributed by atoms with Crippen molar-refractivity contribution >= 4 is 60.8 Å². The Morgan fingerprint density at radius 1 is 0.889 bits per heavy atom. The van der Waals surface area contributed by atoms with Gasteiger partial charge in [-0.15, -0.1) is 0 Å². The minimum Gasteiger partial charge on any atom is -0.491 e. The van der Waals surface area contributed by atoms with E-state index in [2.05, 4.69) is 44.0 Å². The first-order valence-electron chi connectivity index (χ1n) is 11.3. The van der Waals surface area contributed by atoms with Crippen LogP contribution in [0.25, 0.3) is 6.08 Å². The lowest BCUT2D eigenvalue weighted by Gasteiger charge is -2.14. The smallest absolute Gasteiger partial charge is 0.293 e. The second-order valence-electron chi connectivity index (χ2n) is 8.54. The van der Waals surface area contributed by atoms with Crippen molar-refractivity contribution < 1.29 is 19.1 Å². The number of rotatable bonds is 8. The maximum atomic E-state index is 12.9. The number of benzene rings is 3. The second-order valence-corrected chi connectivity index (χ2v) is 11.2. The topological polar surface area (TPSA) is 55.8 Å². The summed E-state index contributed by atoms with van der Waals surface area (Å²) in [4.78, 5) is 27.0. The molecular formula is C28H25Br2NO4S. The summed E-state index contributed by atoms with van der Waals surface area (Å²) in [5, 5.41) is -0.299. The molecule has 8 heteroatoms. The molecule has 1 aliphatic rings. The molecule has 3 aromatic carbocycles. The molecule has 186 valence electrons. The van der Waals surface area contributed by atoms with Gasteiger partial charge in [0.15, 0.2) is 0 Å². The Hall–Kier alpha value is -2.55. The van der Waals surface area contributed by atoms with Gasteiger partial charge in [0.05, 0.1) is 20.4 Å². The summed E-state index contributed by atoms with van der Waals surface area (Å²) in [6, 6.07) is 17.9. The molecule has 0 aliphatic carbocycles. The van der Waals surface area contributed by atoms with E-state index in [1.54, 1.807) is 6.08 Å². The van der Waals surface area contributed by atoms with Gasteiger partial charge in [0.25, 0.3) is 11.1 Å². The quantitative estimate of drug-likeness (QED) is 0.237. The van der Waals surface area contributed by atoms with E-state index >= 15 is 0 Å². The van der Waals surface area contributed by atoms with Crippen LogP contribution < -0.4 is 9.47 Å². The van der Waals surface area contributed by atoms with E-state index in [0.717, 1.165) is 48.7 Å². The molecule has 0 radical (unpaired) electrons. The fourth-order valence-electron chi connectivity index (χ4n) is 3.59. The predicted molar refractivity (Wildman–Crippen MR) is 151 cm³/mol. The fraction of sp³-hybridized carbons (Fsp3) is 0.214. The number of imide groups is 1. The molecule has 1 heterocycles. The molecule has 3 aromatic rings. The molecule has 1 fully saturated rings. The average Bonchev–Trinajstić information content (AvgIpc) is 3.09. The highest BCUT2D eigenvalue weighted by Gasteiger charge is 2.35. The Morgan fingerprint density at radius 3 is 2.25 bits per heavy atom. The Labute approximate surface area is 232 Å². The van der Waals surface area contributed by atoms with Gasteiger partial charge in [0.1, 0.15) is 24.7 Å². The fourth-order valence-corrected chi connectivity index (χ4v) is 5.91. The van der Waals surface area contributed by atoms with Crippen LogP contribution in [0.2, 0.25) is 0 Å². The third-order valence-electron chi connectivity index (χ3n) is 5.61. The number of hydrogen-bond acceptors (Lipinski definition) is 5. The van der Waals surface area contributed by atoms with E-state index in [-0.39, 0.29) is 24.3 Å². The van der Waals surface area contributed by atoms with Crippen molar-refractivity contribution in [2.45, 2.75) is 27.4 Å². The van der Waals surface area contributed by atoms with E-state index in [1.807, 2.05) is 63.2 Å². The molecule has 0 aromatic heterocycles. The van der Waals surface area contributed by atoms with E-state index < -0.39 is 0 Å². The van der Waals surface area contributed by atoms with Crippen LogP contribution in [-0.4, -0.2) is 29.2 Å². The van der Waals surface area contributed by atoms with Gasteiger partial charge in [-0.3, -0.25) is 14.5 Å². The molecule has 0 bridgehead atoms. The molecule has 0 N–H and O–H groups in total. The van der Waals surface area contributed by atoms with Crippen LogP contribution >= 0.6 is 43.6 Å². The zero-order valence-corrected chi connectivity index (χ0v) is 24.1. The number of amides is 2. The van der Waals surface area contributed by atoms with Crippen molar-refractivity contribution in [1.82, 2.24) is 4.90 Å². The minimum absolute atomic E-state index is 0.189. The lowest BCUT2D eigenvalue weighted by molar-refractivity contribution is -0.123. The third-order valence-corrected chi connectivity index (χ3v) is 7.70. The van der Waals surface area contributed by atoms with Crippen molar-refractivity contribution in [2.75, 3.05) is 13.2 Å². The predicted octanol–water partition coefficient (Wildman–Crippen LogP) is 7.83. The van der Waals surface area contributed by atoms with E-state index in [1.165, 1.54) is 10.5 Å². The molecule has 0 atom stereocenters. The zero-order valence-electron chi connectivity index (χ0n) is 20.1. The molecule has 1 saturated heterocycles. The maximum Gasteiger partial charge on any atom is 0.293 e. The summed E-state index contributed by atoms with van der Waals surface area (Å²) >= 11 is 8.07. The van der Waals surface area contributed by atoms with Gasteiger partial charge in [-0.05, 0) is 111 Å². The Bertz CT molecular complexity index is 1310. The SMILES string of the molecule is Cc1ccc(COc2c(Br)cc(/C=C3\SC(=O)N(CCOc4cc(C)ccc4C)C3=O)cc2Br)cc1. The van der Waals surface area contributed by atoms with Crippen LogP contribution in [0.1, 0.15) is 27.8 Å². The van der Waals surface area contributed by atoms with Crippen LogP contribution in [0.4, 0.5) is 4.79 Å². The van der Waals surface area contributed by atoms with Gasteiger partial charge >= 0.3 is 0 Å².